The van der Waals surface area contributed by atoms with E-state index in [-0.39, 0.29) is 11.5 Å². The van der Waals surface area contributed by atoms with Crippen LogP contribution in [0.5, 0.6) is 0 Å². The van der Waals surface area contributed by atoms with E-state index in [0.29, 0.717) is 0 Å². The lowest BCUT2D eigenvalue weighted by atomic mass is 9.82. The molecule has 1 aromatic carbocycles. The summed E-state index contributed by atoms with van der Waals surface area (Å²) in [6, 6.07) is 6.66. The van der Waals surface area contributed by atoms with E-state index >= 15 is 0 Å². The third-order valence-electron chi connectivity index (χ3n) is 3.18. The summed E-state index contributed by atoms with van der Waals surface area (Å²) in [7, 11) is 0. The molecule has 0 aliphatic heterocycles. The number of aryl methyl sites for hydroxylation is 2. The van der Waals surface area contributed by atoms with Crippen molar-refractivity contribution < 1.29 is 0 Å². The minimum absolute atomic E-state index is 0.175. The van der Waals surface area contributed by atoms with Crippen LogP contribution in [0.2, 0.25) is 0 Å². The van der Waals surface area contributed by atoms with Crippen LogP contribution in [-0.2, 0) is 6.42 Å². The summed E-state index contributed by atoms with van der Waals surface area (Å²) >= 11 is 0. The van der Waals surface area contributed by atoms with E-state index in [1.807, 2.05) is 0 Å². The van der Waals surface area contributed by atoms with Crippen molar-refractivity contribution in [3.8, 4) is 0 Å². The first-order valence-electron chi connectivity index (χ1n) is 5.63. The molecule has 0 aliphatic rings. The first kappa shape index (κ1) is 12.3. The van der Waals surface area contributed by atoms with Crippen molar-refractivity contribution in [3.63, 3.8) is 0 Å². The van der Waals surface area contributed by atoms with Crippen LogP contribution >= 0.6 is 0 Å². The van der Waals surface area contributed by atoms with Crippen LogP contribution in [0.1, 0.15) is 37.5 Å². The van der Waals surface area contributed by atoms with Gasteiger partial charge in [0.1, 0.15) is 0 Å². The van der Waals surface area contributed by atoms with E-state index in [2.05, 4.69) is 52.8 Å². The van der Waals surface area contributed by atoms with Gasteiger partial charge in [0.05, 0.1) is 0 Å². The SMILES string of the molecule is Cc1cccc(C)c1CC(N)C(C)(C)C. The van der Waals surface area contributed by atoms with Crippen LogP contribution < -0.4 is 5.73 Å². The Morgan fingerprint density at radius 3 is 2.00 bits per heavy atom. The Kier molecular flexibility index (Phi) is 3.56. The van der Waals surface area contributed by atoms with Crippen LogP contribution in [0, 0.1) is 19.3 Å². The van der Waals surface area contributed by atoms with Gasteiger partial charge in [0.2, 0.25) is 0 Å². The van der Waals surface area contributed by atoms with Gasteiger partial charge in [-0.25, -0.2) is 0 Å². The zero-order valence-corrected chi connectivity index (χ0v) is 10.6. The molecular formula is C14H23N. The number of nitrogens with two attached hydrogens (primary N) is 1. The second-order valence-electron chi connectivity index (χ2n) is 5.55. The first-order valence-corrected chi connectivity index (χ1v) is 5.63. The van der Waals surface area contributed by atoms with Crippen molar-refractivity contribution >= 4 is 0 Å². The summed E-state index contributed by atoms with van der Waals surface area (Å²) in [5.74, 6) is 0. The first-order chi connectivity index (χ1) is 6.82. The Morgan fingerprint density at radius 1 is 1.13 bits per heavy atom. The van der Waals surface area contributed by atoms with Crippen molar-refractivity contribution in [1.82, 2.24) is 0 Å². The number of rotatable bonds is 2. The van der Waals surface area contributed by atoms with Gasteiger partial charge in [0, 0.05) is 6.04 Å². The quantitative estimate of drug-likeness (QED) is 0.788. The van der Waals surface area contributed by atoms with Gasteiger partial charge >= 0.3 is 0 Å². The highest BCUT2D eigenvalue weighted by molar-refractivity contribution is 5.34. The molecule has 0 heterocycles. The Balaban J connectivity index is 2.90. The van der Waals surface area contributed by atoms with Gasteiger partial charge in [0.25, 0.3) is 0 Å². The minimum atomic E-state index is 0.175. The topological polar surface area (TPSA) is 26.0 Å². The molecule has 15 heavy (non-hydrogen) atoms. The Hall–Kier alpha value is -0.820. The maximum absolute atomic E-state index is 6.22. The molecule has 0 aromatic heterocycles. The molecule has 1 heteroatoms. The lowest BCUT2D eigenvalue weighted by Crippen LogP contribution is -2.37. The van der Waals surface area contributed by atoms with E-state index in [9.17, 15) is 0 Å². The number of hydrogen-bond donors (Lipinski definition) is 1. The van der Waals surface area contributed by atoms with Crippen molar-refractivity contribution in [1.29, 1.82) is 0 Å². The molecule has 1 rings (SSSR count). The molecular weight excluding hydrogens is 182 g/mol. The average molecular weight is 205 g/mol. The summed E-state index contributed by atoms with van der Waals surface area (Å²) in [6.07, 6.45) is 0.974. The summed E-state index contributed by atoms with van der Waals surface area (Å²) in [4.78, 5) is 0. The molecule has 0 saturated heterocycles. The van der Waals surface area contributed by atoms with Crippen LogP contribution in [0.15, 0.2) is 18.2 Å². The summed E-state index contributed by atoms with van der Waals surface area (Å²) in [5.41, 5.74) is 10.5. The van der Waals surface area contributed by atoms with Gasteiger partial charge in [-0.1, -0.05) is 39.0 Å². The molecule has 2 N–H and O–H groups in total. The maximum atomic E-state index is 6.22. The van der Waals surface area contributed by atoms with E-state index in [0.717, 1.165) is 6.42 Å². The van der Waals surface area contributed by atoms with Crippen molar-refractivity contribution in [2.45, 2.75) is 47.1 Å². The molecule has 1 atom stereocenters. The van der Waals surface area contributed by atoms with E-state index in [1.165, 1.54) is 16.7 Å². The zero-order valence-electron chi connectivity index (χ0n) is 10.6. The van der Waals surface area contributed by atoms with Gasteiger partial charge in [0.15, 0.2) is 0 Å². The monoisotopic (exact) mass is 205 g/mol. The lowest BCUT2D eigenvalue weighted by molar-refractivity contribution is 0.318. The summed E-state index contributed by atoms with van der Waals surface area (Å²) in [5, 5.41) is 0. The molecule has 0 amide bonds. The Labute approximate surface area is 93.7 Å². The molecule has 1 unspecified atom stereocenters. The lowest BCUT2D eigenvalue weighted by Gasteiger charge is -2.28. The van der Waals surface area contributed by atoms with Crippen LogP contribution in [0.3, 0.4) is 0 Å². The molecule has 0 aliphatic carbocycles. The highest BCUT2D eigenvalue weighted by Crippen LogP contribution is 2.23. The van der Waals surface area contributed by atoms with Gasteiger partial charge in [-0.2, -0.15) is 0 Å². The summed E-state index contributed by atoms with van der Waals surface area (Å²) in [6.45, 7) is 10.9. The molecule has 0 fully saturated rings. The van der Waals surface area contributed by atoms with E-state index in [1.54, 1.807) is 0 Å². The van der Waals surface area contributed by atoms with Gasteiger partial charge < -0.3 is 5.73 Å². The Bertz CT molecular complexity index is 313. The van der Waals surface area contributed by atoms with Crippen LogP contribution in [0.25, 0.3) is 0 Å². The minimum Gasteiger partial charge on any atom is -0.327 e. The molecule has 0 saturated carbocycles. The van der Waals surface area contributed by atoms with E-state index < -0.39 is 0 Å². The highest BCUT2D eigenvalue weighted by atomic mass is 14.7. The smallest absolute Gasteiger partial charge is 0.0128 e. The molecule has 84 valence electrons. The van der Waals surface area contributed by atoms with Crippen molar-refractivity contribution in [3.05, 3.63) is 34.9 Å². The van der Waals surface area contributed by atoms with Crippen molar-refractivity contribution in [2.24, 2.45) is 11.1 Å². The van der Waals surface area contributed by atoms with Gasteiger partial charge in [-0.05, 0) is 42.4 Å². The average Bonchev–Trinajstić information content (AvgIpc) is 2.09. The highest BCUT2D eigenvalue weighted by Gasteiger charge is 2.21. The van der Waals surface area contributed by atoms with Crippen LogP contribution in [0.4, 0.5) is 0 Å². The molecule has 1 nitrogen and oxygen atoms in total. The third-order valence-corrected chi connectivity index (χ3v) is 3.18. The second kappa shape index (κ2) is 4.36. The van der Waals surface area contributed by atoms with Gasteiger partial charge in [-0.15, -0.1) is 0 Å². The van der Waals surface area contributed by atoms with Crippen LogP contribution in [-0.4, -0.2) is 6.04 Å². The maximum Gasteiger partial charge on any atom is 0.0128 e. The molecule has 0 spiro atoms. The number of benzene rings is 1. The fourth-order valence-corrected chi connectivity index (χ4v) is 1.70. The molecule has 1 aromatic rings. The molecule has 0 radical (unpaired) electrons. The number of hydrogen-bond acceptors (Lipinski definition) is 1. The van der Waals surface area contributed by atoms with Gasteiger partial charge in [-0.3, -0.25) is 0 Å². The molecule has 0 bridgehead atoms. The third kappa shape index (κ3) is 3.07. The largest absolute Gasteiger partial charge is 0.327 e. The second-order valence-corrected chi connectivity index (χ2v) is 5.55. The van der Waals surface area contributed by atoms with Crippen molar-refractivity contribution in [2.75, 3.05) is 0 Å². The predicted molar refractivity (Wildman–Crippen MR) is 67.1 cm³/mol. The fraction of sp³-hybridized carbons (Fsp3) is 0.571. The zero-order chi connectivity index (χ0) is 11.6. The van der Waals surface area contributed by atoms with E-state index in [4.69, 9.17) is 5.73 Å². The fourth-order valence-electron chi connectivity index (χ4n) is 1.70. The standard InChI is InChI=1S/C14H23N/c1-10-7-6-8-11(2)12(10)9-13(15)14(3,4)5/h6-8,13H,9,15H2,1-5H3. The predicted octanol–water partition coefficient (Wildman–Crippen LogP) is 3.22. The normalized spacial score (nSPS) is 14.0. The Morgan fingerprint density at radius 2 is 1.60 bits per heavy atom. The summed E-state index contributed by atoms with van der Waals surface area (Å²) < 4.78 is 0.